The first-order valence-corrected chi connectivity index (χ1v) is 11.8. The molecule has 6 heteroatoms. The van der Waals surface area contributed by atoms with Crippen LogP contribution in [-0.2, 0) is 14.3 Å². The Balaban J connectivity index is 2.28. The maximum absolute atomic E-state index is 12.3. The summed E-state index contributed by atoms with van der Waals surface area (Å²) in [4.78, 5) is 23.4. The van der Waals surface area contributed by atoms with Gasteiger partial charge in [0.15, 0.2) is 0 Å². The van der Waals surface area contributed by atoms with Crippen molar-refractivity contribution in [1.82, 2.24) is 0 Å². The first-order chi connectivity index (χ1) is 14.4. The van der Waals surface area contributed by atoms with Crippen molar-refractivity contribution in [2.75, 3.05) is 13.2 Å². The average molecular weight is 427 g/mol. The number of carboxylic acid groups (broad SMARTS) is 1. The van der Waals surface area contributed by atoms with Crippen molar-refractivity contribution in [2.24, 2.45) is 11.8 Å². The predicted octanol–water partition coefficient (Wildman–Crippen LogP) is 4.62. The predicted molar refractivity (Wildman–Crippen MR) is 117 cm³/mol. The maximum atomic E-state index is 12.3. The number of allylic oxidation sites excluding steroid dienone is 2. The smallest absolute Gasteiger partial charge is 0.364 e. The Hall–Kier alpha value is -1.24. The van der Waals surface area contributed by atoms with E-state index >= 15 is 0 Å². The summed E-state index contributed by atoms with van der Waals surface area (Å²) in [6.07, 6.45) is 17.8. The summed E-state index contributed by atoms with van der Waals surface area (Å²) < 4.78 is 4.89. The molecule has 3 atom stereocenters. The summed E-state index contributed by atoms with van der Waals surface area (Å²) in [5.41, 5.74) is 0. The van der Waals surface area contributed by atoms with Gasteiger partial charge in [-0.15, -0.1) is 0 Å². The molecule has 0 spiro atoms. The van der Waals surface area contributed by atoms with E-state index in [0.29, 0.717) is 24.5 Å². The zero-order chi connectivity index (χ0) is 22.2. The van der Waals surface area contributed by atoms with Crippen LogP contribution in [0, 0.1) is 11.8 Å². The minimum absolute atomic E-state index is 0.0253. The molecular weight excluding hydrogens is 384 g/mol. The van der Waals surface area contributed by atoms with Gasteiger partial charge >= 0.3 is 5.97 Å². The fourth-order valence-electron chi connectivity index (χ4n) is 4.21. The topological polar surface area (TPSA) is 104 Å². The van der Waals surface area contributed by atoms with Gasteiger partial charge in [0.05, 0.1) is 13.2 Å². The number of ketones is 1. The molecular formula is C24H42O6. The van der Waals surface area contributed by atoms with Crippen LogP contribution in [0.15, 0.2) is 12.2 Å². The monoisotopic (exact) mass is 426 g/mol. The summed E-state index contributed by atoms with van der Waals surface area (Å²) in [5.74, 6) is -2.92. The molecule has 1 fully saturated rings. The van der Waals surface area contributed by atoms with Crippen LogP contribution in [0.3, 0.4) is 0 Å². The number of aliphatic carboxylic acids is 1. The third-order valence-corrected chi connectivity index (χ3v) is 6.06. The second-order valence-corrected chi connectivity index (χ2v) is 8.52. The molecule has 1 unspecified atom stereocenters. The quantitative estimate of drug-likeness (QED) is 0.168. The van der Waals surface area contributed by atoms with Crippen LogP contribution in [0.25, 0.3) is 0 Å². The Kier molecular flexibility index (Phi) is 13.9. The first-order valence-electron chi connectivity index (χ1n) is 11.8. The van der Waals surface area contributed by atoms with Crippen LogP contribution in [-0.4, -0.2) is 46.1 Å². The van der Waals surface area contributed by atoms with Crippen LogP contribution in [0.2, 0.25) is 0 Å². The highest BCUT2D eigenvalue weighted by atomic mass is 16.6. The van der Waals surface area contributed by atoms with Crippen LogP contribution >= 0.6 is 0 Å². The minimum atomic E-state index is -2.24. The molecule has 6 nitrogen and oxygen atoms in total. The van der Waals surface area contributed by atoms with Gasteiger partial charge in [-0.3, -0.25) is 4.79 Å². The highest BCUT2D eigenvalue weighted by molar-refractivity contribution is 5.83. The van der Waals surface area contributed by atoms with Gasteiger partial charge in [-0.05, 0) is 38.0 Å². The number of aliphatic hydroxyl groups is 2. The van der Waals surface area contributed by atoms with Crippen LogP contribution in [0.5, 0.6) is 0 Å². The Morgan fingerprint density at radius 2 is 1.83 bits per heavy atom. The second kappa shape index (κ2) is 15.5. The lowest BCUT2D eigenvalue weighted by Gasteiger charge is -2.23. The molecule has 0 amide bonds. The molecule has 1 aliphatic carbocycles. The molecule has 1 rings (SSSR count). The molecule has 1 aliphatic rings. The minimum Gasteiger partial charge on any atom is -0.477 e. The second-order valence-electron chi connectivity index (χ2n) is 8.52. The van der Waals surface area contributed by atoms with Crippen molar-refractivity contribution in [3.05, 3.63) is 12.2 Å². The molecule has 0 bridgehead atoms. The Labute approximate surface area is 181 Å². The number of hydrogen-bond donors (Lipinski definition) is 3. The summed E-state index contributed by atoms with van der Waals surface area (Å²) in [6, 6.07) is 0. The van der Waals surface area contributed by atoms with E-state index in [1.165, 1.54) is 38.5 Å². The third kappa shape index (κ3) is 10.2. The SMILES string of the molecule is CCCCCCCCC=C[C@H]1CCC(=O)[C@@H]1CCCCCC(O)(OCCO)C(=O)O. The number of carbonyl (C=O) groups excluding carboxylic acids is 1. The zero-order valence-electron chi connectivity index (χ0n) is 18.7. The van der Waals surface area contributed by atoms with Gasteiger partial charge < -0.3 is 20.1 Å². The molecule has 0 aromatic carbocycles. The van der Waals surface area contributed by atoms with Gasteiger partial charge in [-0.25, -0.2) is 4.79 Å². The number of hydrogen-bond acceptors (Lipinski definition) is 5. The van der Waals surface area contributed by atoms with E-state index < -0.39 is 11.8 Å². The lowest BCUT2D eigenvalue weighted by Crippen LogP contribution is -2.42. The van der Waals surface area contributed by atoms with E-state index in [2.05, 4.69) is 19.1 Å². The van der Waals surface area contributed by atoms with E-state index in [9.17, 15) is 14.7 Å². The first kappa shape index (κ1) is 26.8. The largest absolute Gasteiger partial charge is 0.477 e. The highest BCUT2D eigenvalue weighted by Crippen LogP contribution is 2.34. The molecule has 30 heavy (non-hydrogen) atoms. The van der Waals surface area contributed by atoms with Gasteiger partial charge in [-0.1, -0.05) is 64.0 Å². The molecule has 174 valence electrons. The Bertz CT molecular complexity index is 518. The molecule has 0 aromatic heterocycles. The van der Waals surface area contributed by atoms with Crippen LogP contribution < -0.4 is 0 Å². The Morgan fingerprint density at radius 1 is 1.13 bits per heavy atom. The van der Waals surface area contributed by atoms with E-state index in [0.717, 1.165) is 32.1 Å². The van der Waals surface area contributed by atoms with Crippen molar-refractivity contribution in [3.63, 3.8) is 0 Å². The molecule has 0 radical (unpaired) electrons. The fraction of sp³-hybridized carbons (Fsp3) is 0.833. The van der Waals surface area contributed by atoms with Crippen LogP contribution in [0.4, 0.5) is 0 Å². The Morgan fingerprint density at radius 3 is 2.53 bits per heavy atom. The third-order valence-electron chi connectivity index (χ3n) is 6.06. The molecule has 1 saturated carbocycles. The lowest BCUT2D eigenvalue weighted by molar-refractivity contribution is -0.228. The van der Waals surface area contributed by atoms with Crippen molar-refractivity contribution in [3.8, 4) is 0 Å². The van der Waals surface area contributed by atoms with Crippen molar-refractivity contribution >= 4 is 11.8 Å². The summed E-state index contributed by atoms with van der Waals surface area (Å²) in [7, 11) is 0. The van der Waals surface area contributed by atoms with E-state index in [-0.39, 0.29) is 25.6 Å². The maximum Gasteiger partial charge on any atom is 0.364 e. The van der Waals surface area contributed by atoms with E-state index in [1.807, 2.05) is 0 Å². The number of unbranched alkanes of at least 4 members (excludes halogenated alkanes) is 8. The number of Topliss-reactive ketones (excluding diaryl/α,β-unsaturated/α-hetero) is 1. The van der Waals surface area contributed by atoms with Gasteiger partial charge in [-0.2, -0.15) is 0 Å². The lowest BCUT2D eigenvalue weighted by atomic mass is 9.89. The average Bonchev–Trinajstić information content (AvgIpc) is 3.07. The number of rotatable bonds is 18. The normalized spacial score (nSPS) is 21.4. The van der Waals surface area contributed by atoms with Gasteiger partial charge in [0.25, 0.3) is 5.79 Å². The molecule has 0 aliphatic heterocycles. The molecule has 0 aromatic rings. The zero-order valence-corrected chi connectivity index (χ0v) is 18.7. The number of aliphatic hydroxyl groups excluding tert-OH is 1. The number of carbonyl (C=O) groups is 2. The summed E-state index contributed by atoms with van der Waals surface area (Å²) >= 11 is 0. The fourth-order valence-corrected chi connectivity index (χ4v) is 4.21. The molecule has 3 N–H and O–H groups in total. The summed E-state index contributed by atoms with van der Waals surface area (Å²) in [5, 5.41) is 27.9. The van der Waals surface area contributed by atoms with E-state index in [1.54, 1.807) is 0 Å². The molecule has 0 saturated heterocycles. The summed E-state index contributed by atoms with van der Waals surface area (Å²) in [6.45, 7) is 1.67. The van der Waals surface area contributed by atoms with Crippen molar-refractivity contribution < 1.29 is 29.6 Å². The highest BCUT2D eigenvalue weighted by Gasteiger charge is 2.37. The van der Waals surface area contributed by atoms with Crippen LogP contribution in [0.1, 0.15) is 96.8 Å². The van der Waals surface area contributed by atoms with Gasteiger partial charge in [0.2, 0.25) is 0 Å². The number of carboxylic acids is 1. The van der Waals surface area contributed by atoms with Crippen molar-refractivity contribution in [2.45, 2.75) is 103 Å². The van der Waals surface area contributed by atoms with Gasteiger partial charge in [0, 0.05) is 18.8 Å². The standard InChI is InChI=1S/C24H42O6/c1-2-3-4-5-6-7-8-10-13-20-15-16-22(26)21(20)14-11-9-12-17-24(29,23(27)28)30-19-18-25/h10,13,20-21,25,29H,2-9,11-12,14-19H2,1H3,(H,27,28)/t20-,21+,24?/m0/s1. The number of ether oxygens (including phenoxy) is 1. The molecule has 0 heterocycles. The van der Waals surface area contributed by atoms with Gasteiger partial charge in [0.1, 0.15) is 5.78 Å². The van der Waals surface area contributed by atoms with E-state index in [4.69, 9.17) is 14.9 Å². The van der Waals surface area contributed by atoms with Crippen molar-refractivity contribution in [1.29, 1.82) is 0 Å².